The minimum atomic E-state index is -1.47. The molecule has 0 aliphatic rings. The third kappa shape index (κ3) is 8.24. The number of rotatable bonds is 8. The summed E-state index contributed by atoms with van der Waals surface area (Å²) >= 11 is -1.47. The number of amides is 2. The molecule has 0 aliphatic carbocycles. The summed E-state index contributed by atoms with van der Waals surface area (Å²) < 4.78 is 3.89. The third-order valence-corrected chi connectivity index (χ3v) is 7.58. The zero-order valence-electron chi connectivity index (χ0n) is 11.8. The Hall–Kier alpha value is 1.02. The van der Waals surface area contributed by atoms with Crippen molar-refractivity contribution in [1.29, 1.82) is 0 Å². The fourth-order valence-electron chi connectivity index (χ4n) is 1.45. The van der Waals surface area contributed by atoms with Gasteiger partial charge in [0.05, 0.1) is 0 Å². The largest absolute Gasteiger partial charge is 1.00 e. The summed E-state index contributed by atoms with van der Waals surface area (Å²) in [6.45, 7) is 9.52. The van der Waals surface area contributed by atoms with Crippen LogP contribution in [0.15, 0.2) is 0 Å². The van der Waals surface area contributed by atoms with Crippen molar-refractivity contribution in [1.82, 2.24) is 1.97 Å². The van der Waals surface area contributed by atoms with Crippen molar-refractivity contribution < 1.29 is 71.1 Å². The quantitative estimate of drug-likeness (QED) is 0.411. The van der Waals surface area contributed by atoms with Crippen LogP contribution < -0.4 is 24.0 Å². The van der Waals surface area contributed by atoms with E-state index in [4.69, 9.17) is 0 Å². The Morgan fingerprint density at radius 2 is 1.17 bits per heavy atom. The van der Waals surface area contributed by atoms with Crippen LogP contribution >= 0.6 is 0 Å². The Balaban J connectivity index is 0. The van der Waals surface area contributed by atoms with Gasteiger partial charge in [0.15, 0.2) is 0 Å². The van der Waals surface area contributed by atoms with Crippen LogP contribution in [-0.2, 0) is 9.59 Å². The van der Waals surface area contributed by atoms with Gasteiger partial charge in [-0.15, -0.1) is 0 Å². The molecule has 0 heterocycles. The van der Waals surface area contributed by atoms with Gasteiger partial charge in [-0.1, -0.05) is 0 Å². The van der Waals surface area contributed by atoms with Gasteiger partial charge in [0, 0.05) is 0 Å². The van der Waals surface area contributed by atoms with Gasteiger partial charge in [-0.25, -0.2) is 0 Å². The molecule has 0 bridgehead atoms. The third-order valence-electron chi connectivity index (χ3n) is 2.40. The van der Waals surface area contributed by atoms with E-state index in [9.17, 15) is 9.59 Å². The minimum absolute atomic E-state index is 0. The van der Waals surface area contributed by atoms with Gasteiger partial charge in [-0.3, -0.25) is 0 Å². The van der Waals surface area contributed by atoms with Crippen LogP contribution in [0.1, 0.15) is 53.4 Å². The molecule has 0 fully saturated rings. The standard InChI is InChI=1S/2C6H13NO.HI.Nd/c2*1-3-5-6(8)7-4-2;;/h2*3-5H2,1-2H3,(H,7,8);1H;/q;;;+3/p-3. The van der Waals surface area contributed by atoms with Crippen LogP contribution in [0.3, 0.4) is 0 Å². The first-order chi connectivity index (χ1) is 8.10. The first kappa shape index (κ1) is 21.3. The molecule has 18 heavy (non-hydrogen) atoms. The van der Waals surface area contributed by atoms with Crippen LogP contribution in [0.25, 0.3) is 0 Å². The van der Waals surface area contributed by atoms with Crippen LogP contribution in [-0.4, -0.2) is 26.9 Å². The first-order valence-electron chi connectivity index (χ1n) is 6.47. The average molecular weight is 499 g/mol. The Kier molecular flexibility index (Phi) is 15.4. The summed E-state index contributed by atoms with van der Waals surface area (Å²) in [6.07, 6.45) is 2.99. The Morgan fingerprint density at radius 1 is 0.833 bits per heavy atom. The summed E-state index contributed by atoms with van der Waals surface area (Å²) in [7, 11) is 0. The second kappa shape index (κ2) is 13.0. The van der Waals surface area contributed by atoms with E-state index < -0.39 is 37.5 Å². The monoisotopic (exact) mass is 497 g/mol. The molecular formula is C12H24IN2NdO2. The summed E-state index contributed by atoms with van der Waals surface area (Å²) in [4.78, 5) is 23.7. The Bertz CT molecular complexity index is 228. The second-order valence-corrected chi connectivity index (χ2v) is 7.98. The molecule has 6 heteroatoms. The van der Waals surface area contributed by atoms with Gasteiger partial charge < -0.3 is 24.0 Å². The summed E-state index contributed by atoms with van der Waals surface area (Å²) in [5, 5.41) is 0. The molecular weight excluding hydrogens is 475 g/mol. The normalized spacial score (nSPS) is 9.11. The van der Waals surface area contributed by atoms with Crippen molar-refractivity contribution in [3.05, 3.63) is 0 Å². The Morgan fingerprint density at radius 3 is 1.39 bits per heavy atom. The fraction of sp³-hybridized carbons (Fsp3) is 0.833. The predicted octanol–water partition coefficient (Wildman–Crippen LogP) is -0.797. The van der Waals surface area contributed by atoms with Gasteiger partial charge in [-0.05, 0) is 0 Å². The van der Waals surface area contributed by atoms with Gasteiger partial charge in [-0.2, -0.15) is 0 Å². The van der Waals surface area contributed by atoms with Crippen LogP contribution in [0.5, 0.6) is 0 Å². The smallest absolute Gasteiger partial charge is 1.00 e. The number of halogens is 1. The zero-order chi connectivity index (χ0) is 13.3. The maximum atomic E-state index is 11.8. The topological polar surface area (TPSA) is 40.6 Å². The van der Waals surface area contributed by atoms with Crippen molar-refractivity contribution in [3.63, 3.8) is 0 Å². The van der Waals surface area contributed by atoms with Crippen molar-refractivity contribution in [2.24, 2.45) is 0 Å². The fourth-order valence-corrected chi connectivity index (χ4v) is 4.72. The summed E-state index contributed by atoms with van der Waals surface area (Å²) in [5.41, 5.74) is 0. The SMILES string of the molecule is CCCC(=O)[N](CC)[Nd+][N](CC)C(=O)CCC.[I-]. The number of carbonyl (C=O) groups is 2. The molecule has 0 radical (unpaired) electrons. The number of nitrogens with zero attached hydrogens (tertiary/aromatic N) is 2. The molecule has 0 aromatic carbocycles. The van der Waals surface area contributed by atoms with E-state index in [1.54, 1.807) is 0 Å². The Labute approximate surface area is 149 Å². The number of carbonyl (C=O) groups excluding carboxylic acids is 2. The molecule has 0 aliphatic heterocycles. The molecule has 0 rings (SSSR count). The van der Waals surface area contributed by atoms with Gasteiger partial charge in [0.2, 0.25) is 0 Å². The molecule has 2 amide bonds. The maximum Gasteiger partial charge on any atom is -1.00 e. The average Bonchev–Trinajstić information content (AvgIpc) is 2.31. The molecule has 0 unspecified atom stereocenters. The van der Waals surface area contributed by atoms with Gasteiger partial charge >= 0.3 is 127 Å². The van der Waals surface area contributed by atoms with E-state index in [1.165, 1.54) is 0 Å². The molecule has 4 nitrogen and oxygen atoms in total. The molecule has 0 N–H and O–H groups in total. The molecule has 0 aromatic rings. The van der Waals surface area contributed by atoms with Gasteiger partial charge in [0.25, 0.3) is 0 Å². The molecule has 0 atom stereocenters. The molecule has 105 valence electrons. The maximum absolute atomic E-state index is 11.8. The van der Waals surface area contributed by atoms with Crippen LogP contribution in [0, 0.1) is 37.5 Å². The minimum Gasteiger partial charge on any atom is -1.00 e. The number of hydrogen-bond donors (Lipinski definition) is 0. The molecule has 0 saturated carbocycles. The summed E-state index contributed by atoms with van der Waals surface area (Å²) in [5.74, 6) is 0.446. The zero-order valence-corrected chi connectivity index (χ0v) is 17.2. The van der Waals surface area contributed by atoms with Crippen LogP contribution in [0.2, 0.25) is 0 Å². The van der Waals surface area contributed by atoms with E-state index in [0.717, 1.165) is 25.9 Å². The van der Waals surface area contributed by atoms with Gasteiger partial charge in [0.1, 0.15) is 0 Å². The second-order valence-electron chi connectivity index (χ2n) is 3.88. The number of hydrogen-bond acceptors (Lipinski definition) is 2. The van der Waals surface area contributed by atoms with E-state index in [2.05, 4.69) is 0 Å². The first-order valence-corrected chi connectivity index (χ1v) is 9.34. The van der Waals surface area contributed by atoms with E-state index in [-0.39, 0.29) is 35.8 Å². The van der Waals surface area contributed by atoms with E-state index in [1.807, 2.05) is 29.7 Å². The molecule has 0 saturated heterocycles. The molecule has 0 spiro atoms. The molecule has 0 aromatic heterocycles. The van der Waals surface area contributed by atoms with Crippen molar-refractivity contribution in [2.45, 2.75) is 53.4 Å². The van der Waals surface area contributed by atoms with Crippen molar-refractivity contribution in [2.75, 3.05) is 13.1 Å². The van der Waals surface area contributed by atoms with E-state index >= 15 is 0 Å². The van der Waals surface area contributed by atoms with Crippen molar-refractivity contribution in [3.8, 4) is 0 Å². The van der Waals surface area contributed by atoms with E-state index in [0.29, 0.717) is 12.8 Å². The predicted molar refractivity (Wildman–Crippen MR) is 64.6 cm³/mol. The van der Waals surface area contributed by atoms with Crippen molar-refractivity contribution >= 4 is 11.8 Å². The van der Waals surface area contributed by atoms with Crippen LogP contribution in [0.4, 0.5) is 0 Å². The summed E-state index contributed by atoms with van der Waals surface area (Å²) in [6, 6.07) is 0.